The Labute approximate surface area is 121 Å². The molecule has 1 aromatic heterocycles. The lowest BCUT2D eigenvalue weighted by atomic mass is 10.1. The first-order chi connectivity index (χ1) is 9.10. The Morgan fingerprint density at radius 1 is 1.37 bits per heavy atom. The Morgan fingerprint density at radius 3 is 2.79 bits per heavy atom. The molecule has 0 spiro atoms. The van der Waals surface area contributed by atoms with Crippen molar-refractivity contribution in [1.29, 1.82) is 0 Å². The average molecular weight is 281 g/mol. The van der Waals surface area contributed by atoms with Gasteiger partial charge >= 0.3 is 0 Å². The van der Waals surface area contributed by atoms with Crippen molar-refractivity contribution < 1.29 is 0 Å². The minimum absolute atomic E-state index is 0.435. The summed E-state index contributed by atoms with van der Waals surface area (Å²) in [5, 5.41) is 5.00. The third-order valence-electron chi connectivity index (χ3n) is 4.09. The smallest absolute Gasteiger partial charge is 0.0900 e. The van der Waals surface area contributed by atoms with Gasteiger partial charge in [-0.25, -0.2) is 4.98 Å². The molecule has 1 N–H and O–H groups in total. The van der Waals surface area contributed by atoms with E-state index in [0.29, 0.717) is 12.1 Å². The third kappa shape index (κ3) is 4.01. The van der Waals surface area contributed by atoms with Crippen molar-refractivity contribution >= 4 is 11.3 Å². The van der Waals surface area contributed by atoms with Crippen LogP contribution in [0.2, 0.25) is 0 Å². The summed E-state index contributed by atoms with van der Waals surface area (Å²) in [4.78, 5) is 8.51. The van der Waals surface area contributed by atoms with E-state index in [4.69, 9.17) is 0 Å². The maximum absolute atomic E-state index is 4.54. The lowest BCUT2D eigenvalue weighted by Crippen LogP contribution is -2.32. The number of nitrogens with one attached hydrogen (secondary N) is 1. The maximum atomic E-state index is 4.54. The van der Waals surface area contributed by atoms with E-state index in [0.717, 1.165) is 0 Å². The molecule has 0 radical (unpaired) electrons. The van der Waals surface area contributed by atoms with Crippen molar-refractivity contribution in [3.8, 4) is 0 Å². The Balaban J connectivity index is 1.91. The summed E-state index contributed by atoms with van der Waals surface area (Å²) >= 11 is 1.84. The van der Waals surface area contributed by atoms with E-state index >= 15 is 0 Å². The van der Waals surface area contributed by atoms with Gasteiger partial charge in [0.1, 0.15) is 0 Å². The summed E-state index contributed by atoms with van der Waals surface area (Å²) < 4.78 is 0. The fourth-order valence-electron chi connectivity index (χ4n) is 3.02. The molecule has 2 heterocycles. The second kappa shape index (κ2) is 6.82. The van der Waals surface area contributed by atoms with E-state index in [9.17, 15) is 0 Å². The Bertz CT molecular complexity index is 402. The number of thiazole rings is 1. The SMILES string of the molecule is CCN1CCCC(NC(C)c2sc(C)nc2C)CC1. The summed E-state index contributed by atoms with van der Waals surface area (Å²) in [6.45, 7) is 12.5. The van der Waals surface area contributed by atoms with E-state index in [1.807, 2.05) is 11.3 Å². The molecule has 0 amide bonds. The molecule has 1 aliphatic heterocycles. The first-order valence-electron chi connectivity index (χ1n) is 7.52. The monoisotopic (exact) mass is 281 g/mol. The predicted octanol–water partition coefficient (Wildman–Crippen LogP) is 3.28. The highest BCUT2D eigenvalue weighted by molar-refractivity contribution is 7.11. The number of nitrogens with zero attached hydrogens (tertiary/aromatic N) is 2. The fourth-order valence-corrected chi connectivity index (χ4v) is 3.96. The van der Waals surface area contributed by atoms with Crippen LogP contribution in [0.1, 0.15) is 54.7 Å². The predicted molar refractivity (Wildman–Crippen MR) is 82.9 cm³/mol. The number of rotatable bonds is 4. The normalized spacial score (nSPS) is 23.3. The van der Waals surface area contributed by atoms with Gasteiger partial charge in [-0.2, -0.15) is 0 Å². The summed E-state index contributed by atoms with van der Waals surface area (Å²) in [5.74, 6) is 0. The van der Waals surface area contributed by atoms with Gasteiger partial charge in [0.2, 0.25) is 0 Å². The molecule has 108 valence electrons. The summed E-state index contributed by atoms with van der Waals surface area (Å²) in [6, 6.07) is 1.10. The van der Waals surface area contributed by atoms with E-state index in [1.165, 1.54) is 54.5 Å². The first-order valence-corrected chi connectivity index (χ1v) is 8.34. The van der Waals surface area contributed by atoms with Gasteiger partial charge in [-0.15, -0.1) is 11.3 Å². The van der Waals surface area contributed by atoms with E-state index in [2.05, 4.69) is 42.9 Å². The quantitative estimate of drug-likeness (QED) is 0.918. The van der Waals surface area contributed by atoms with Crippen LogP contribution in [-0.4, -0.2) is 35.6 Å². The van der Waals surface area contributed by atoms with Crippen LogP contribution in [0.15, 0.2) is 0 Å². The third-order valence-corrected chi connectivity index (χ3v) is 5.34. The zero-order valence-corrected chi connectivity index (χ0v) is 13.5. The molecule has 1 saturated heterocycles. The molecule has 0 bridgehead atoms. The highest BCUT2D eigenvalue weighted by atomic mass is 32.1. The van der Waals surface area contributed by atoms with Crippen LogP contribution in [0.5, 0.6) is 0 Å². The highest BCUT2D eigenvalue weighted by Crippen LogP contribution is 2.25. The molecule has 1 aliphatic rings. The molecule has 4 heteroatoms. The van der Waals surface area contributed by atoms with Crippen molar-refractivity contribution in [1.82, 2.24) is 15.2 Å². The number of aromatic nitrogens is 1. The van der Waals surface area contributed by atoms with E-state index in [1.54, 1.807) is 0 Å². The van der Waals surface area contributed by atoms with Crippen LogP contribution >= 0.6 is 11.3 Å². The minimum atomic E-state index is 0.435. The molecule has 1 aromatic rings. The number of hydrogen-bond donors (Lipinski definition) is 1. The summed E-state index contributed by atoms with van der Waals surface area (Å²) in [6.07, 6.45) is 3.89. The zero-order valence-electron chi connectivity index (χ0n) is 12.7. The summed E-state index contributed by atoms with van der Waals surface area (Å²) in [7, 11) is 0. The fraction of sp³-hybridized carbons (Fsp3) is 0.800. The molecule has 2 rings (SSSR count). The Kier molecular flexibility index (Phi) is 5.37. The molecular weight excluding hydrogens is 254 g/mol. The van der Waals surface area contributed by atoms with Gasteiger partial charge in [-0.3, -0.25) is 0 Å². The highest BCUT2D eigenvalue weighted by Gasteiger charge is 2.20. The van der Waals surface area contributed by atoms with Crippen LogP contribution in [-0.2, 0) is 0 Å². The van der Waals surface area contributed by atoms with Crippen LogP contribution in [0, 0.1) is 13.8 Å². The van der Waals surface area contributed by atoms with Crippen molar-refractivity contribution in [2.75, 3.05) is 19.6 Å². The van der Waals surface area contributed by atoms with Crippen LogP contribution < -0.4 is 5.32 Å². The van der Waals surface area contributed by atoms with Crippen molar-refractivity contribution in [3.05, 3.63) is 15.6 Å². The molecule has 2 unspecified atom stereocenters. The molecule has 0 aromatic carbocycles. The second-order valence-corrected chi connectivity index (χ2v) is 6.87. The lowest BCUT2D eigenvalue weighted by Gasteiger charge is -2.22. The second-order valence-electron chi connectivity index (χ2n) is 5.63. The molecule has 1 fully saturated rings. The maximum Gasteiger partial charge on any atom is 0.0900 e. The van der Waals surface area contributed by atoms with Gasteiger partial charge in [0.05, 0.1) is 10.7 Å². The Hall–Kier alpha value is -0.450. The minimum Gasteiger partial charge on any atom is -0.307 e. The largest absolute Gasteiger partial charge is 0.307 e. The number of aryl methyl sites for hydroxylation is 2. The topological polar surface area (TPSA) is 28.2 Å². The first kappa shape index (κ1) is 14.9. The van der Waals surface area contributed by atoms with Crippen LogP contribution in [0.25, 0.3) is 0 Å². The molecular formula is C15H27N3S. The summed E-state index contributed by atoms with van der Waals surface area (Å²) in [5.41, 5.74) is 1.20. The molecule has 3 nitrogen and oxygen atoms in total. The molecule has 0 aliphatic carbocycles. The molecule has 0 saturated carbocycles. The zero-order chi connectivity index (χ0) is 13.8. The van der Waals surface area contributed by atoms with Gasteiger partial charge in [0.25, 0.3) is 0 Å². The van der Waals surface area contributed by atoms with Gasteiger partial charge < -0.3 is 10.2 Å². The van der Waals surface area contributed by atoms with E-state index < -0.39 is 0 Å². The average Bonchev–Trinajstić information content (AvgIpc) is 2.60. The number of hydrogen-bond acceptors (Lipinski definition) is 4. The lowest BCUT2D eigenvalue weighted by molar-refractivity contribution is 0.296. The van der Waals surface area contributed by atoms with Gasteiger partial charge in [0, 0.05) is 17.0 Å². The van der Waals surface area contributed by atoms with Crippen molar-refractivity contribution in [2.24, 2.45) is 0 Å². The van der Waals surface area contributed by atoms with Gasteiger partial charge in [-0.05, 0) is 59.7 Å². The van der Waals surface area contributed by atoms with Gasteiger partial charge in [0.15, 0.2) is 0 Å². The van der Waals surface area contributed by atoms with Crippen LogP contribution in [0.4, 0.5) is 0 Å². The molecule has 19 heavy (non-hydrogen) atoms. The molecule has 2 atom stereocenters. The standard InChI is InChI=1S/C15H27N3S/c1-5-18-9-6-7-14(8-10-18)17-12(3)15-11(2)16-13(4)19-15/h12,14,17H,5-10H2,1-4H3. The van der Waals surface area contributed by atoms with Crippen molar-refractivity contribution in [3.63, 3.8) is 0 Å². The van der Waals surface area contributed by atoms with Gasteiger partial charge in [-0.1, -0.05) is 6.92 Å². The number of likely N-dealkylation sites (tertiary alicyclic amines) is 1. The van der Waals surface area contributed by atoms with Crippen LogP contribution in [0.3, 0.4) is 0 Å². The van der Waals surface area contributed by atoms with Crippen molar-refractivity contribution in [2.45, 2.75) is 59.0 Å². The van der Waals surface area contributed by atoms with E-state index in [-0.39, 0.29) is 0 Å². The Morgan fingerprint density at radius 2 is 2.16 bits per heavy atom.